The maximum atomic E-state index is 11.5. The van der Waals surface area contributed by atoms with E-state index in [-0.39, 0.29) is 5.91 Å². The van der Waals surface area contributed by atoms with E-state index in [2.05, 4.69) is 21.4 Å². The van der Waals surface area contributed by atoms with Gasteiger partial charge in [-0.05, 0) is 12.5 Å². The van der Waals surface area contributed by atoms with E-state index in [0.717, 1.165) is 16.5 Å². The molecule has 2 aromatic heterocycles. The number of anilines is 1. The van der Waals surface area contributed by atoms with Crippen LogP contribution in [0, 0.1) is 18.3 Å². The summed E-state index contributed by atoms with van der Waals surface area (Å²) in [6.07, 6.45) is 0. The zero-order valence-corrected chi connectivity index (χ0v) is 12.9. The fourth-order valence-corrected chi connectivity index (χ4v) is 3.20. The number of nitriles is 1. The number of carbonyl (C=O) groups excluding carboxylic acids is 1. The number of carbonyl (C=O) groups is 1. The fourth-order valence-electron chi connectivity index (χ4n) is 2.22. The lowest BCUT2D eigenvalue weighted by Crippen LogP contribution is -2.09. The Balaban J connectivity index is 2.30. The van der Waals surface area contributed by atoms with Crippen LogP contribution in [0.1, 0.15) is 17.4 Å². The number of thiophene rings is 1. The summed E-state index contributed by atoms with van der Waals surface area (Å²) in [5.74, 6) is 0.775. The summed E-state index contributed by atoms with van der Waals surface area (Å²) in [6, 6.07) is 11.7. The molecule has 0 aliphatic carbocycles. The molecule has 1 amide bonds. The number of amides is 1. The Morgan fingerprint density at radius 1 is 1.27 bits per heavy atom. The number of aryl methyl sites for hydroxylation is 1. The Morgan fingerprint density at radius 2 is 2.00 bits per heavy atom. The minimum atomic E-state index is -0.205. The highest BCUT2D eigenvalue weighted by Gasteiger charge is 2.17. The van der Waals surface area contributed by atoms with Crippen molar-refractivity contribution in [2.24, 2.45) is 0 Å². The molecule has 6 heteroatoms. The highest BCUT2D eigenvalue weighted by molar-refractivity contribution is 7.19. The minimum absolute atomic E-state index is 0.205. The van der Waals surface area contributed by atoms with Crippen molar-refractivity contribution in [3.05, 3.63) is 40.8 Å². The van der Waals surface area contributed by atoms with Gasteiger partial charge in [-0.25, -0.2) is 9.97 Å². The highest BCUT2D eigenvalue weighted by Crippen LogP contribution is 2.35. The molecule has 0 aliphatic heterocycles. The number of fused-ring (bicyclic) bond motifs is 1. The van der Waals surface area contributed by atoms with E-state index in [1.54, 1.807) is 0 Å². The van der Waals surface area contributed by atoms with Gasteiger partial charge in [-0.15, -0.1) is 11.3 Å². The number of benzene rings is 1. The van der Waals surface area contributed by atoms with Crippen LogP contribution in [0.3, 0.4) is 0 Å². The van der Waals surface area contributed by atoms with Crippen LogP contribution < -0.4 is 5.32 Å². The van der Waals surface area contributed by atoms with Gasteiger partial charge >= 0.3 is 0 Å². The van der Waals surface area contributed by atoms with E-state index in [1.807, 2.05) is 37.3 Å². The summed E-state index contributed by atoms with van der Waals surface area (Å²) < 4.78 is 0. The van der Waals surface area contributed by atoms with Crippen LogP contribution in [0.2, 0.25) is 0 Å². The number of aromatic nitrogens is 2. The van der Waals surface area contributed by atoms with Gasteiger partial charge in [0.1, 0.15) is 21.6 Å². The van der Waals surface area contributed by atoms with Crippen LogP contribution in [0.4, 0.5) is 5.82 Å². The Labute approximate surface area is 131 Å². The molecule has 0 bridgehead atoms. The number of rotatable bonds is 2. The van der Waals surface area contributed by atoms with Crippen LogP contribution >= 0.6 is 11.3 Å². The van der Waals surface area contributed by atoms with Gasteiger partial charge in [-0.3, -0.25) is 4.79 Å². The van der Waals surface area contributed by atoms with E-state index in [0.29, 0.717) is 21.3 Å². The smallest absolute Gasteiger partial charge is 0.222 e. The van der Waals surface area contributed by atoms with Crippen LogP contribution in [-0.2, 0) is 4.79 Å². The Hall–Kier alpha value is -2.78. The zero-order valence-electron chi connectivity index (χ0n) is 12.0. The molecular formula is C16H12N4OS. The second kappa shape index (κ2) is 5.54. The second-order valence-corrected chi connectivity index (χ2v) is 5.79. The lowest BCUT2D eigenvalue weighted by molar-refractivity contribution is -0.114. The second-order valence-electron chi connectivity index (χ2n) is 4.79. The van der Waals surface area contributed by atoms with Crippen LogP contribution in [-0.4, -0.2) is 15.9 Å². The average Bonchev–Trinajstić information content (AvgIpc) is 2.84. The molecule has 22 heavy (non-hydrogen) atoms. The SMILES string of the molecule is CC(=O)Nc1nc(-c2ccccc2)nc2sc(C#N)c(C)c12. The number of hydrogen-bond acceptors (Lipinski definition) is 5. The topological polar surface area (TPSA) is 78.7 Å². The van der Waals surface area contributed by atoms with E-state index in [1.165, 1.54) is 18.3 Å². The van der Waals surface area contributed by atoms with E-state index in [4.69, 9.17) is 0 Å². The normalized spacial score (nSPS) is 10.4. The van der Waals surface area contributed by atoms with E-state index < -0.39 is 0 Å². The van der Waals surface area contributed by atoms with Crippen molar-refractivity contribution >= 4 is 33.3 Å². The van der Waals surface area contributed by atoms with Crippen molar-refractivity contribution in [1.29, 1.82) is 5.26 Å². The summed E-state index contributed by atoms with van der Waals surface area (Å²) in [6.45, 7) is 3.28. The molecule has 0 saturated heterocycles. The summed E-state index contributed by atoms with van der Waals surface area (Å²) in [4.78, 5) is 21.8. The lowest BCUT2D eigenvalue weighted by Gasteiger charge is -2.07. The molecule has 0 atom stereocenters. The van der Waals surface area contributed by atoms with Gasteiger partial charge in [-0.1, -0.05) is 30.3 Å². The molecule has 0 spiro atoms. The average molecular weight is 308 g/mol. The van der Waals surface area contributed by atoms with Crippen molar-refractivity contribution in [2.45, 2.75) is 13.8 Å². The van der Waals surface area contributed by atoms with Crippen LogP contribution in [0.15, 0.2) is 30.3 Å². The van der Waals surface area contributed by atoms with Gasteiger partial charge in [0.15, 0.2) is 5.82 Å². The molecule has 2 heterocycles. The molecular weight excluding hydrogens is 296 g/mol. The van der Waals surface area contributed by atoms with Crippen LogP contribution in [0.5, 0.6) is 0 Å². The maximum absolute atomic E-state index is 11.5. The summed E-state index contributed by atoms with van der Waals surface area (Å²) >= 11 is 1.31. The van der Waals surface area contributed by atoms with Crippen molar-refractivity contribution in [2.75, 3.05) is 5.32 Å². The monoisotopic (exact) mass is 308 g/mol. The van der Waals surface area contributed by atoms with E-state index >= 15 is 0 Å². The number of nitrogens with one attached hydrogen (secondary N) is 1. The van der Waals surface area contributed by atoms with Gasteiger partial charge < -0.3 is 5.32 Å². The van der Waals surface area contributed by atoms with Crippen LogP contribution in [0.25, 0.3) is 21.6 Å². The minimum Gasteiger partial charge on any atom is -0.310 e. The quantitative estimate of drug-likeness (QED) is 0.786. The largest absolute Gasteiger partial charge is 0.310 e. The molecule has 1 N–H and O–H groups in total. The van der Waals surface area contributed by atoms with Gasteiger partial charge in [0.2, 0.25) is 5.91 Å². The predicted molar refractivity (Wildman–Crippen MR) is 86.6 cm³/mol. The summed E-state index contributed by atoms with van der Waals surface area (Å²) in [7, 11) is 0. The number of hydrogen-bond donors (Lipinski definition) is 1. The zero-order chi connectivity index (χ0) is 15.7. The van der Waals surface area contributed by atoms with Crippen molar-refractivity contribution in [1.82, 2.24) is 9.97 Å². The first-order valence-corrected chi connectivity index (χ1v) is 7.46. The first kappa shape index (κ1) is 14.2. The summed E-state index contributed by atoms with van der Waals surface area (Å²) in [5, 5.41) is 12.7. The molecule has 1 aromatic carbocycles. The molecule has 3 aromatic rings. The molecule has 108 valence electrons. The Morgan fingerprint density at radius 3 is 2.64 bits per heavy atom. The third-order valence-electron chi connectivity index (χ3n) is 3.22. The third kappa shape index (κ3) is 2.43. The third-order valence-corrected chi connectivity index (χ3v) is 4.31. The van der Waals surface area contributed by atoms with E-state index in [9.17, 15) is 10.1 Å². The lowest BCUT2D eigenvalue weighted by atomic mass is 10.2. The standard InChI is InChI=1S/C16H12N4OS/c1-9-12(8-17)22-16-13(9)15(18-10(2)21)19-14(20-16)11-6-4-3-5-7-11/h3-7H,1-2H3,(H,18,19,20,21). The highest BCUT2D eigenvalue weighted by atomic mass is 32.1. The van der Waals surface area contributed by atoms with Gasteiger partial charge in [0.25, 0.3) is 0 Å². The molecule has 0 unspecified atom stereocenters. The Kier molecular flexibility index (Phi) is 3.57. The summed E-state index contributed by atoms with van der Waals surface area (Å²) in [5.41, 5.74) is 1.66. The van der Waals surface area contributed by atoms with Crippen molar-refractivity contribution in [3.63, 3.8) is 0 Å². The van der Waals surface area contributed by atoms with Gasteiger partial charge in [-0.2, -0.15) is 5.26 Å². The van der Waals surface area contributed by atoms with Crippen molar-refractivity contribution < 1.29 is 4.79 Å². The molecule has 5 nitrogen and oxygen atoms in total. The molecule has 0 radical (unpaired) electrons. The van der Waals surface area contributed by atoms with Gasteiger partial charge in [0.05, 0.1) is 5.39 Å². The number of nitrogens with zero attached hydrogens (tertiary/aromatic N) is 3. The predicted octanol–water partition coefficient (Wildman–Crippen LogP) is 3.50. The Bertz CT molecular complexity index is 909. The van der Waals surface area contributed by atoms with Crippen molar-refractivity contribution in [3.8, 4) is 17.5 Å². The fraction of sp³-hybridized carbons (Fsp3) is 0.125. The first-order chi connectivity index (χ1) is 10.6. The molecule has 0 saturated carbocycles. The molecule has 0 aliphatic rings. The first-order valence-electron chi connectivity index (χ1n) is 6.64. The molecule has 0 fully saturated rings. The maximum Gasteiger partial charge on any atom is 0.222 e. The molecule has 3 rings (SSSR count). The van der Waals surface area contributed by atoms with Gasteiger partial charge in [0, 0.05) is 12.5 Å².